The van der Waals surface area contributed by atoms with Crippen molar-refractivity contribution in [3.8, 4) is 0 Å². The molecule has 13 heavy (non-hydrogen) atoms. The molecule has 0 unspecified atom stereocenters. The first-order chi connectivity index (χ1) is 6.36. The van der Waals surface area contributed by atoms with Crippen molar-refractivity contribution in [3.63, 3.8) is 0 Å². The molecule has 1 heterocycles. The molecule has 2 heteroatoms. The van der Waals surface area contributed by atoms with Crippen LogP contribution in [-0.2, 0) is 12.8 Å². The van der Waals surface area contributed by atoms with E-state index in [2.05, 4.69) is 9.97 Å². The van der Waals surface area contributed by atoms with E-state index in [1.54, 1.807) is 0 Å². The fraction of sp³-hybridized carbons (Fsp3) is 0.636. The SMILES string of the molecule is CC.Cc1ncc2c(n1)CCCC2. The Labute approximate surface area is 80.4 Å². The molecule has 0 amide bonds. The van der Waals surface area contributed by atoms with Gasteiger partial charge in [-0.3, -0.25) is 0 Å². The fourth-order valence-corrected chi connectivity index (χ4v) is 1.58. The average Bonchev–Trinajstić information content (AvgIpc) is 2.21. The molecule has 0 aliphatic heterocycles. The van der Waals surface area contributed by atoms with Gasteiger partial charge < -0.3 is 0 Å². The molecular formula is C11H18N2. The van der Waals surface area contributed by atoms with Gasteiger partial charge in [0.25, 0.3) is 0 Å². The van der Waals surface area contributed by atoms with Gasteiger partial charge in [-0.15, -0.1) is 0 Å². The average molecular weight is 178 g/mol. The van der Waals surface area contributed by atoms with Crippen LogP contribution in [0.4, 0.5) is 0 Å². The highest BCUT2D eigenvalue weighted by molar-refractivity contribution is 5.19. The van der Waals surface area contributed by atoms with Gasteiger partial charge in [0.05, 0.1) is 0 Å². The Morgan fingerprint density at radius 2 is 1.85 bits per heavy atom. The van der Waals surface area contributed by atoms with E-state index in [0.29, 0.717) is 0 Å². The van der Waals surface area contributed by atoms with Crippen LogP contribution in [0.25, 0.3) is 0 Å². The van der Waals surface area contributed by atoms with Crippen molar-refractivity contribution in [1.82, 2.24) is 9.97 Å². The minimum Gasteiger partial charge on any atom is -0.241 e. The van der Waals surface area contributed by atoms with Crippen LogP contribution >= 0.6 is 0 Å². The molecule has 1 aliphatic rings. The Bertz CT molecular complexity index is 269. The molecule has 0 saturated carbocycles. The first-order valence-electron chi connectivity index (χ1n) is 5.17. The Morgan fingerprint density at radius 1 is 1.15 bits per heavy atom. The predicted molar refractivity (Wildman–Crippen MR) is 54.8 cm³/mol. The normalized spacial score (nSPS) is 14.1. The van der Waals surface area contributed by atoms with Gasteiger partial charge in [-0.2, -0.15) is 0 Å². The summed E-state index contributed by atoms with van der Waals surface area (Å²) in [6.45, 7) is 5.95. The van der Waals surface area contributed by atoms with Gasteiger partial charge in [0.15, 0.2) is 0 Å². The second-order valence-corrected chi connectivity index (χ2v) is 3.10. The maximum absolute atomic E-state index is 4.40. The number of hydrogen-bond acceptors (Lipinski definition) is 2. The highest BCUT2D eigenvalue weighted by atomic mass is 14.9. The molecular weight excluding hydrogens is 160 g/mol. The Balaban J connectivity index is 0.000000396. The molecule has 72 valence electrons. The number of rotatable bonds is 0. The third kappa shape index (κ3) is 2.51. The number of aromatic nitrogens is 2. The van der Waals surface area contributed by atoms with Crippen molar-refractivity contribution in [2.75, 3.05) is 0 Å². The zero-order chi connectivity index (χ0) is 9.68. The first-order valence-corrected chi connectivity index (χ1v) is 5.17. The van der Waals surface area contributed by atoms with E-state index in [-0.39, 0.29) is 0 Å². The van der Waals surface area contributed by atoms with Crippen molar-refractivity contribution in [3.05, 3.63) is 23.3 Å². The van der Waals surface area contributed by atoms with Crippen LogP contribution in [0.15, 0.2) is 6.20 Å². The van der Waals surface area contributed by atoms with Crippen LogP contribution in [0.2, 0.25) is 0 Å². The van der Waals surface area contributed by atoms with Gasteiger partial charge in [-0.05, 0) is 38.2 Å². The molecule has 2 rings (SSSR count). The molecule has 0 radical (unpaired) electrons. The molecule has 1 aromatic rings. The molecule has 0 spiro atoms. The fourth-order valence-electron chi connectivity index (χ4n) is 1.58. The van der Waals surface area contributed by atoms with E-state index in [4.69, 9.17) is 0 Å². The lowest BCUT2D eigenvalue weighted by Crippen LogP contribution is -2.07. The van der Waals surface area contributed by atoms with Crippen LogP contribution in [0.1, 0.15) is 43.8 Å². The minimum atomic E-state index is 0.908. The Kier molecular flexibility index (Phi) is 3.87. The molecule has 2 nitrogen and oxygen atoms in total. The molecule has 0 bridgehead atoms. The Hall–Kier alpha value is -0.920. The molecule has 0 saturated heterocycles. The summed E-state index contributed by atoms with van der Waals surface area (Å²) in [7, 11) is 0. The van der Waals surface area contributed by atoms with E-state index in [9.17, 15) is 0 Å². The second kappa shape index (κ2) is 4.95. The predicted octanol–water partition coefficient (Wildman–Crippen LogP) is 2.69. The zero-order valence-corrected chi connectivity index (χ0v) is 8.80. The quantitative estimate of drug-likeness (QED) is 0.610. The van der Waals surface area contributed by atoms with E-state index < -0.39 is 0 Å². The molecule has 0 aromatic carbocycles. The van der Waals surface area contributed by atoms with Crippen LogP contribution < -0.4 is 0 Å². The highest BCUT2D eigenvalue weighted by Gasteiger charge is 2.09. The van der Waals surface area contributed by atoms with Crippen molar-refractivity contribution >= 4 is 0 Å². The lowest BCUT2D eigenvalue weighted by Gasteiger charge is -2.13. The van der Waals surface area contributed by atoms with Crippen molar-refractivity contribution < 1.29 is 0 Å². The minimum absolute atomic E-state index is 0.908. The molecule has 1 aliphatic carbocycles. The first kappa shape index (κ1) is 10.2. The summed E-state index contributed by atoms with van der Waals surface area (Å²) >= 11 is 0. The largest absolute Gasteiger partial charge is 0.241 e. The molecule has 1 aromatic heterocycles. The van der Waals surface area contributed by atoms with Gasteiger partial charge in [0.2, 0.25) is 0 Å². The molecule has 0 atom stereocenters. The number of nitrogens with zero attached hydrogens (tertiary/aromatic N) is 2. The summed E-state index contributed by atoms with van der Waals surface area (Å²) in [6.07, 6.45) is 6.91. The topological polar surface area (TPSA) is 25.8 Å². The van der Waals surface area contributed by atoms with Crippen LogP contribution in [0.3, 0.4) is 0 Å². The maximum Gasteiger partial charge on any atom is 0.125 e. The van der Waals surface area contributed by atoms with Gasteiger partial charge in [0.1, 0.15) is 5.82 Å². The highest BCUT2D eigenvalue weighted by Crippen LogP contribution is 2.17. The van der Waals surface area contributed by atoms with Crippen molar-refractivity contribution in [2.24, 2.45) is 0 Å². The van der Waals surface area contributed by atoms with Gasteiger partial charge in [-0.1, -0.05) is 13.8 Å². The summed E-state index contributed by atoms with van der Waals surface area (Å²) < 4.78 is 0. The lowest BCUT2D eigenvalue weighted by atomic mass is 9.98. The van der Waals surface area contributed by atoms with Crippen molar-refractivity contribution in [1.29, 1.82) is 0 Å². The number of aryl methyl sites for hydroxylation is 3. The monoisotopic (exact) mass is 178 g/mol. The molecule has 0 fully saturated rings. The van der Waals surface area contributed by atoms with E-state index in [0.717, 1.165) is 12.2 Å². The number of fused-ring (bicyclic) bond motifs is 1. The van der Waals surface area contributed by atoms with Gasteiger partial charge in [0, 0.05) is 11.9 Å². The van der Waals surface area contributed by atoms with Gasteiger partial charge >= 0.3 is 0 Å². The Morgan fingerprint density at radius 3 is 2.62 bits per heavy atom. The third-order valence-corrected chi connectivity index (χ3v) is 2.18. The van der Waals surface area contributed by atoms with Gasteiger partial charge in [-0.25, -0.2) is 9.97 Å². The standard InChI is InChI=1S/C9H12N2.C2H6/c1-7-10-6-8-4-2-3-5-9(8)11-7;1-2/h6H,2-5H2,1H3;1-2H3. The van der Waals surface area contributed by atoms with Crippen LogP contribution in [-0.4, -0.2) is 9.97 Å². The summed E-state index contributed by atoms with van der Waals surface area (Å²) in [5.74, 6) is 0.908. The van der Waals surface area contributed by atoms with Crippen LogP contribution in [0.5, 0.6) is 0 Å². The molecule has 0 N–H and O–H groups in total. The summed E-state index contributed by atoms with van der Waals surface area (Å²) in [5.41, 5.74) is 2.64. The summed E-state index contributed by atoms with van der Waals surface area (Å²) in [5, 5.41) is 0. The van der Waals surface area contributed by atoms with Crippen LogP contribution in [0, 0.1) is 6.92 Å². The smallest absolute Gasteiger partial charge is 0.125 e. The van der Waals surface area contributed by atoms with E-state index >= 15 is 0 Å². The summed E-state index contributed by atoms with van der Waals surface area (Å²) in [6, 6.07) is 0. The van der Waals surface area contributed by atoms with E-state index in [1.807, 2.05) is 27.0 Å². The number of hydrogen-bond donors (Lipinski definition) is 0. The maximum atomic E-state index is 4.40. The zero-order valence-electron chi connectivity index (χ0n) is 8.80. The second-order valence-electron chi connectivity index (χ2n) is 3.10. The van der Waals surface area contributed by atoms with Crippen molar-refractivity contribution in [2.45, 2.75) is 46.5 Å². The lowest BCUT2D eigenvalue weighted by molar-refractivity contribution is 0.658. The summed E-state index contributed by atoms with van der Waals surface area (Å²) in [4.78, 5) is 8.58. The van der Waals surface area contributed by atoms with E-state index in [1.165, 1.54) is 30.5 Å². The third-order valence-electron chi connectivity index (χ3n) is 2.18.